The molecule has 4 rings (SSSR count). The zero-order valence-corrected chi connectivity index (χ0v) is 14.9. The molecule has 0 saturated carbocycles. The first-order valence-corrected chi connectivity index (χ1v) is 8.88. The summed E-state index contributed by atoms with van der Waals surface area (Å²) in [4.78, 5) is 37.0. The Morgan fingerprint density at radius 1 is 1.11 bits per heavy atom. The van der Waals surface area contributed by atoms with E-state index in [1.165, 1.54) is 23.3 Å². The number of hydrogen-bond acceptors (Lipinski definition) is 4. The third-order valence-corrected chi connectivity index (χ3v) is 5.44. The SMILES string of the molecule is C[C@]1(c2ccc3c(c2)CCC3)NC(=O)N(Cc2ccc([N+](=O)[O-])cc2)C1=O. The topological polar surface area (TPSA) is 92.6 Å². The molecular weight excluding hydrogens is 346 g/mol. The number of imide groups is 1. The predicted molar refractivity (Wildman–Crippen MR) is 98.0 cm³/mol. The summed E-state index contributed by atoms with van der Waals surface area (Å²) in [5, 5.41) is 13.6. The molecule has 0 unspecified atom stereocenters. The fourth-order valence-electron chi connectivity index (χ4n) is 3.82. The summed E-state index contributed by atoms with van der Waals surface area (Å²) in [6.45, 7) is 1.79. The van der Waals surface area contributed by atoms with E-state index in [1.54, 1.807) is 19.1 Å². The summed E-state index contributed by atoms with van der Waals surface area (Å²) in [6.07, 6.45) is 3.16. The number of nitrogens with one attached hydrogen (secondary N) is 1. The van der Waals surface area contributed by atoms with E-state index < -0.39 is 16.5 Å². The lowest BCUT2D eigenvalue weighted by Gasteiger charge is -2.23. The van der Waals surface area contributed by atoms with E-state index in [2.05, 4.69) is 5.32 Å². The number of rotatable bonds is 4. The highest BCUT2D eigenvalue weighted by Gasteiger charge is 2.49. The van der Waals surface area contributed by atoms with Crippen LogP contribution in [0.15, 0.2) is 42.5 Å². The lowest BCUT2D eigenvalue weighted by molar-refractivity contribution is -0.384. The lowest BCUT2D eigenvalue weighted by Crippen LogP contribution is -2.40. The highest BCUT2D eigenvalue weighted by Crippen LogP contribution is 2.33. The maximum atomic E-state index is 13.1. The average molecular weight is 365 g/mol. The lowest BCUT2D eigenvalue weighted by atomic mass is 9.89. The van der Waals surface area contributed by atoms with Gasteiger partial charge in [0.05, 0.1) is 11.5 Å². The molecule has 1 heterocycles. The standard InChI is InChI=1S/C20H19N3O4/c1-20(16-8-7-14-3-2-4-15(14)11-16)18(24)22(19(25)21-20)12-13-5-9-17(10-6-13)23(26)27/h5-11H,2-4,12H2,1H3,(H,21,25)/t20-/m1/s1. The van der Waals surface area contributed by atoms with Gasteiger partial charge in [-0.25, -0.2) is 4.79 Å². The molecule has 3 amide bonds. The number of fused-ring (bicyclic) bond motifs is 1. The second-order valence-electron chi connectivity index (χ2n) is 7.21. The van der Waals surface area contributed by atoms with Crippen molar-refractivity contribution in [1.29, 1.82) is 0 Å². The van der Waals surface area contributed by atoms with Gasteiger partial charge in [-0.3, -0.25) is 19.8 Å². The van der Waals surface area contributed by atoms with E-state index in [9.17, 15) is 19.7 Å². The molecule has 7 heteroatoms. The normalized spacial score (nSPS) is 21.3. The molecule has 27 heavy (non-hydrogen) atoms. The van der Waals surface area contributed by atoms with Gasteiger partial charge in [0.1, 0.15) is 5.54 Å². The Morgan fingerprint density at radius 3 is 2.52 bits per heavy atom. The first kappa shape index (κ1) is 17.2. The molecule has 2 aliphatic rings. The van der Waals surface area contributed by atoms with Gasteiger partial charge < -0.3 is 5.32 Å². The van der Waals surface area contributed by atoms with Crippen molar-refractivity contribution in [3.8, 4) is 0 Å². The Kier molecular flexibility index (Phi) is 3.95. The van der Waals surface area contributed by atoms with Gasteiger partial charge in [0.15, 0.2) is 0 Å². The molecule has 0 aromatic heterocycles. The minimum Gasteiger partial charge on any atom is -0.319 e. The van der Waals surface area contributed by atoms with Crippen LogP contribution in [0.25, 0.3) is 0 Å². The van der Waals surface area contributed by atoms with Crippen molar-refractivity contribution >= 4 is 17.6 Å². The van der Waals surface area contributed by atoms with Gasteiger partial charge in [-0.1, -0.05) is 30.3 Å². The van der Waals surface area contributed by atoms with Gasteiger partial charge in [0.25, 0.3) is 11.6 Å². The summed E-state index contributed by atoms with van der Waals surface area (Å²) >= 11 is 0. The van der Waals surface area contributed by atoms with Crippen molar-refractivity contribution in [1.82, 2.24) is 10.2 Å². The summed E-state index contributed by atoms with van der Waals surface area (Å²) in [7, 11) is 0. The molecule has 7 nitrogen and oxygen atoms in total. The first-order valence-electron chi connectivity index (χ1n) is 8.88. The first-order chi connectivity index (χ1) is 12.9. The number of benzene rings is 2. The maximum Gasteiger partial charge on any atom is 0.325 e. The Labute approximate surface area is 156 Å². The third-order valence-electron chi connectivity index (χ3n) is 5.44. The number of nitrogens with zero attached hydrogens (tertiary/aromatic N) is 2. The van der Waals surface area contributed by atoms with Crippen LogP contribution in [0.2, 0.25) is 0 Å². The summed E-state index contributed by atoms with van der Waals surface area (Å²) in [5.41, 5.74) is 2.86. The number of carbonyl (C=O) groups is 2. The van der Waals surface area contributed by atoms with Gasteiger partial charge in [-0.2, -0.15) is 0 Å². The van der Waals surface area contributed by atoms with Crippen molar-refractivity contribution in [3.05, 3.63) is 74.8 Å². The number of carbonyl (C=O) groups excluding carboxylic acids is 2. The quantitative estimate of drug-likeness (QED) is 0.512. The van der Waals surface area contributed by atoms with Gasteiger partial charge in [0, 0.05) is 12.1 Å². The number of nitro groups is 1. The smallest absolute Gasteiger partial charge is 0.319 e. The van der Waals surface area contributed by atoms with Crippen LogP contribution < -0.4 is 5.32 Å². The molecule has 0 bridgehead atoms. The van der Waals surface area contributed by atoms with Gasteiger partial charge >= 0.3 is 6.03 Å². The van der Waals surface area contributed by atoms with Crippen LogP contribution in [0.4, 0.5) is 10.5 Å². The zero-order valence-electron chi connectivity index (χ0n) is 14.9. The zero-order chi connectivity index (χ0) is 19.2. The van der Waals surface area contributed by atoms with Crippen molar-refractivity contribution in [3.63, 3.8) is 0 Å². The van der Waals surface area contributed by atoms with Crippen LogP contribution in [0.1, 0.15) is 35.6 Å². The van der Waals surface area contributed by atoms with Gasteiger partial charge in [-0.05, 0) is 48.4 Å². The Hall–Kier alpha value is -3.22. The third kappa shape index (κ3) is 2.85. The van der Waals surface area contributed by atoms with Crippen LogP contribution in [0.5, 0.6) is 0 Å². The predicted octanol–water partition coefficient (Wildman–Crippen LogP) is 3.05. The van der Waals surface area contributed by atoms with Crippen LogP contribution in [0, 0.1) is 10.1 Å². The molecule has 1 atom stereocenters. The number of nitro benzene ring substituents is 1. The van der Waals surface area contributed by atoms with E-state index in [0.717, 1.165) is 29.7 Å². The maximum absolute atomic E-state index is 13.1. The molecule has 0 radical (unpaired) electrons. The highest BCUT2D eigenvalue weighted by molar-refractivity contribution is 6.07. The molecule has 0 spiro atoms. The highest BCUT2D eigenvalue weighted by atomic mass is 16.6. The molecule has 1 aliphatic heterocycles. The second-order valence-corrected chi connectivity index (χ2v) is 7.21. The van der Waals surface area contributed by atoms with Crippen molar-refractivity contribution in [2.75, 3.05) is 0 Å². The number of urea groups is 1. The van der Waals surface area contributed by atoms with E-state index in [4.69, 9.17) is 0 Å². The fraction of sp³-hybridized carbons (Fsp3) is 0.300. The van der Waals surface area contributed by atoms with Crippen LogP contribution in [-0.4, -0.2) is 21.8 Å². The molecule has 1 N–H and O–H groups in total. The molecule has 1 saturated heterocycles. The molecule has 138 valence electrons. The number of aryl methyl sites for hydroxylation is 2. The van der Waals surface area contributed by atoms with E-state index in [1.807, 2.05) is 18.2 Å². The Bertz CT molecular complexity index is 954. The minimum atomic E-state index is -1.10. The largest absolute Gasteiger partial charge is 0.325 e. The molecule has 2 aromatic carbocycles. The molecular formula is C20H19N3O4. The van der Waals surface area contributed by atoms with E-state index in [-0.39, 0.29) is 18.1 Å². The summed E-state index contributed by atoms with van der Waals surface area (Å²) in [6, 6.07) is 11.4. The average Bonchev–Trinajstić information content (AvgIpc) is 3.20. The van der Waals surface area contributed by atoms with Crippen molar-refractivity contribution in [2.45, 2.75) is 38.3 Å². The van der Waals surface area contributed by atoms with E-state index in [0.29, 0.717) is 5.56 Å². The summed E-state index contributed by atoms with van der Waals surface area (Å²) < 4.78 is 0. The fourth-order valence-corrected chi connectivity index (χ4v) is 3.82. The van der Waals surface area contributed by atoms with Crippen LogP contribution in [0.3, 0.4) is 0 Å². The number of hydrogen-bond donors (Lipinski definition) is 1. The Balaban J connectivity index is 1.58. The van der Waals surface area contributed by atoms with Crippen LogP contribution in [-0.2, 0) is 29.7 Å². The van der Waals surface area contributed by atoms with Gasteiger partial charge in [0.2, 0.25) is 0 Å². The summed E-state index contributed by atoms with van der Waals surface area (Å²) in [5.74, 6) is -0.316. The molecule has 1 aliphatic carbocycles. The monoisotopic (exact) mass is 365 g/mol. The minimum absolute atomic E-state index is 0.0288. The van der Waals surface area contributed by atoms with Gasteiger partial charge in [-0.15, -0.1) is 0 Å². The molecule has 2 aromatic rings. The second kappa shape index (κ2) is 6.19. The van der Waals surface area contributed by atoms with Crippen molar-refractivity contribution < 1.29 is 14.5 Å². The Morgan fingerprint density at radius 2 is 1.81 bits per heavy atom. The molecule has 1 fully saturated rings. The van der Waals surface area contributed by atoms with Crippen LogP contribution >= 0.6 is 0 Å². The van der Waals surface area contributed by atoms with E-state index >= 15 is 0 Å². The number of non-ortho nitro benzene ring substituents is 1. The number of amides is 3. The van der Waals surface area contributed by atoms with Crippen molar-refractivity contribution in [2.24, 2.45) is 0 Å².